The molecule has 0 bridgehead atoms. The average Bonchev–Trinajstić information content (AvgIpc) is 2.53. The monoisotopic (exact) mass is 375 g/mol. The molecule has 0 saturated carbocycles. The van der Waals surface area contributed by atoms with Crippen LogP contribution in [0, 0.1) is 0 Å². The Kier molecular flexibility index (Phi) is 4.81. The average molecular weight is 377 g/mol. The maximum Gasteiger partial charge on any atom is 0.255 e. The largest absolute Gasteiger partial charge is 0.377 e. The quantitative estimate of drug-likeness (QED) is 0.751. The van der Waals surface area contributed by atoms with Gasteiger partial charge in [-0.3, -0.25) is 4.79 Å². The Balaban J connectivity index is 2.19. The Hall–Kier alpha value is -0.390. The van der Waals surface area contributed by atoms with Crippen LogP contribution in [0.2, 0.25) is 0 Å². The lowest BCUT2D eigenvalue weighted by Gasteiger charge is -2.22. The molecule has 1 aromatic rings. The molecule has 98 valence electrons. The first-order valence-electron chi connectivity index (χ1n) is 5.94. The molecule has 1 atom stereocenters. The van der Waals surface area contributed by atoms with E-state index in [9.17, 15) is 4.79 Å². The maximum atomic E-state index is 12.5. The number of benzene rings is 1. The number of ether oxygens (including phenoxy) is 1. The van der Waals surface area contributed by atoms with E-state index >= 15 is 0 Å². The van der Waals surface area contributed by atoms with Crippen molar-refractivity contribution in [3.8, 4) is 0 Å². The Labute approximate surface area is 124 Å². The van der Waals surface area contributed by atoms with Gasteiger partial charge in [0.15, 0.2) is 0 Å². The standard InChI is InChI=1S/C13H15Br2NO2/c1-9-8-16(5-2-6-18-9)13(17)11-4-3-10(14)7-12(11)15/h3-4,7,9H,2,5-6,8H2,1H3. The van der Waals surface area contributed by atoms with E-state index in [2.05, 4.69) is 31.9 Å². The van der Waals surface area contributed by atoms with Crippen LogP contribution in [-0.2, 0) is 4.74 Å². The normalized spacial score (nSPS) is 20.6. The maximum absolute atomic E-state index is 12.5. The summed E-state index contributed by atoms with van der Waals surface area (Å²) in [5.74, 6) is 0.0618. The van der Waals surface area contributed by atoms with E-state index in [4.69, 9.17) is 4.74 Å². The molecule has 0 radical (unpaired) electrons. The van der Waals surface area contributed by atoms with Crippen LogP contribution in [-0.4, -0.2) is 36.6 Å². The van der Waals surface area contributed by atoms with Crippen LogP contribution in [0.15, 0.2) is 27.1 Å². The number of hydrogen-bond donors (Lipinski definition) is 0. The summed E-state index contributed by atoms with van der Waals surface area (Å²) in [4.78, 5) is 14.3. The van der Waals surface area contributed by atoms with Crippen molar-refractivity contribution in [2.24, 2.45) is 0 Å². The van der Waals surface area contributed by atoms with Crippen molar-refractivity contribution in [2.75, 3.05) is 19.7 Å². The van der Waals surface area contributed by atoms with Crippen LogP contribution in [0.5, 0.6) is 0 Å². The Morgan fingerprint density at radius 2 is 2.22 bits per heavy atom. The van der Waals surface area contributed by atoms with Gasteiger partial charge in [-0.25, -0.2) is 0 Å². The zero-order valence-electron chi connectivity index (χ0n) is 10.2. The first-order valence-corrected chi connectivity index (χ1v) is 7.52. The fraction of sp³-hybridized carbons (Fsp3) is 0.462. The van der Waals surface area contributed by atoms with E-state index in [0.717, 1.165) is 28.5 Å². The molecule has 18 heavy (non-hydrogen) atoms. The van der Waals surface area contributed by atoms with Gasteiger partial charge in [-0.15, -0.1) is 0 Å². The number of halogens is 2. The van der Waals surface area contributed by atoms with Crippen LogP contribution in [0.1, 0.15) is 23.7 Å². The smallest absolute Gasteiger partial charge is 0.255 e. The number of rotatable bonds is 1. The fourth-order valence-corrected chi connectivity index (χ4v) is 3.23. The molecule has 1 aliphatic rings. The number of carbonyl (C=O) groups excluding carboxylic acids is 1. The van der Waals surface area contributed by atoms with Crippen molar-refractivity contribution in [3.63, 3.8) is 0 Å². The predicted octanol–water partition coefficient (Wildman–Crippen LogP) is 3.46. The molecule has 1 aromatic carbocycles. The van der Waals surface area contributed by atoms with Crippen molar-refractivity contribution < 1.29 is 9.53 Å². The summed E-state index contributed by atoms with van der Waals surface area (Å²) < 4.78 is 7.33. The number of amides is 1. The van der Waals surface area contributed by atoms with Crippen molar-refractivity contribution in [2.45, 2.75) is 19.4 Å². The summed E-state index contributed by atoms with van der Waals surface area (Å²) in [7, 11) is 0. The van der Waals surface area contributed by atoms with Gasteiger partial charge in [-0.1, -0.05) is 15.9 Å². The second-order valence-corrected chi connectivity index (χ2v) is 6.18. The molecule has 3 nitrogen and oxygen atoms in total. The molecular weight excluding hydrogens is 362 g/mol. The van der Waals surface area contributed by atoms with Gasteiger partial charge in [-0.05, 0) is 47.5 Å². The SMILES string of the molecule is CC1CN(C(=O)c2ccc(Br)cc2Br)CCCO1. The number of carbonyl (C=O) groups is 1. The predicted molar refractivity (Wildman–Crippen MR) is 77.8 cm³/mol. The summed E-state index contributed by atoms with van der Waals surface area (Å²) >= 11 is 6.83. The minimum Gasteiger partial charge on any atom is -0.377 e. The molecule has 1 aliphatic heterocycles. The Bertz CT molecular complexity index is 451. The highest BCUT2D eigenvalue weighted by atomic mass is 79.9. The first kappa shape index (κ1) is 14.0. The highest BCUT2D eigenvalue weighted by Gasteiger charge is 2.22. The molecule has 1 saturated heterocycles. The summed E-state index contributed by atoms with van der Waals surface area (Å²) in [5, 5.41) is 0. The summed E-state index contributed by atoms with van der Waals surface area (Å²) in [5.41, 5.74) is 0.701. The van der Waals surface area contributed by atoms with Gasteiger partial charge in [0.05, 0.1) is 11.7 Å². The van der Waals surface area contributed by atoms with Gasteiger partial charge in [-0.2, -0.15) is 0 Å². The molecule has 1 heterocycles. The highest BCUT2D eigenvalue weighted by Crippen LogP contribution is 2.23. The van der Waals surface area contributed by atoms with Gasteiger partial charge in [0.25, 0.3) is 5.91 Å². The Morgan fingerprint density at radius 3 is 2.94 bits per heavy atom. The van der Waals surface area contributed by atoms with Crippen LogP contribution < -0.4 is 0 Å². The van der Waals surface area contributed by atoms with E-state index in [-0.39, 0.29) is 12.0 Å². The molecule has 5 heteroatoms. The minimum absolute atomic E-state index is 0.0618. The zero-order valence-corrected chi connectivity index (χ0v) is 13.3. The van der Waals surface area contributed by atoms with Crippen LogP contribution in [0.3, 0.4) is 0 Å². The van der Waals surface area contributed by atoms with Gasteiger partial charge in [0, 0.05) is 28.6 Å². The van der Waals surface area contributed by atoms with Gasteiger partial charge in [0.2, 0.25) is 0 Å². The van der Waals surface area contributed by atoms with Crippen molar-refractivity contribution in [3.05, 3.63) is 32.7 Å². The summed E-state index contributed by atoms with van der Waals surface area (Å²) in [6, 6.07) is 5.62. The molecule has 0 spiro atoms. The second kappa shape index (κ2) is 6.17. The van der Waals surface area contributed by atoms with Crippen molar-refractivity contribution in [1.29, 1.82) is 0 Å². The molecular formula is C13H15Br2NO2. The first-order chi connectivity index (χ1) is 8.58. The fourth-order valence-electron chi connectivity index (χ4n) is 2.01. The lowest BCUT2D eigenvalue weighted by molar-refractivity contribution is 0.0562. The van der Waals surface area contributed by atoms with E-state index in [1.54, 1.807) is 0 Å². The second-order valence-electron chi connectivity index (χ2n) is 4.41. The summed E-state index contributed by atoms with van der Waals surface area (Å²) in [6.45, 7) is 4.14. The third-order valence-electron chi connectivity index (χ3n) is 2.90. The van der Waals surface area contributed by atoms with Crippen LogP contribution in [0.25, 0.3) is 0 Å². The third kappa shape index (κ3) is 3.33. The van der Waals surface area contributed by atoms with Gasteiger partial charge < -0.3 is 9.64 Å². The third-order valence-corrected chi connectivity index (χ3v) is 4.05. The van der Waals surface area contributed by atoms with E-state index < -0.39 is 0 Å². The van der Waals surface area contributed by atoms with E-state index in [0.29, 0.717) is 12.1 Å². The van der Waals surface area contributed by atoms with Gasteiger partial charge >= 0.3 is 0 Å². The number of hydrogen-bond acceptors (Lipinski definition) is 2. The molecule has 1 unspecified atom stereocenters. The topological polar surface area (TPSA) is 29.5 Å². The molecule has 2 rings (SSSR count). The van der Waals surface area contributed by atoms with Crippen molar-refractivity contribution in [1.82, 2.24) is 4.90 Å². The number of nitrogens with zero attached hydrogens (tertiary/aromatic N) is 1. The van der Waals surface area contributed by atoms with E-state index in [1.165, 1.54) is 0 Å². The zero-order chi connectivity index (χ0) is 13.1. The molecule has 0 aliphatic carbocycles. The van der Waals surface area contributed by atoms with Gasteiger partial charge in [0.1, 0.15) is 0 Å². The lowest BCUT2D eigenvalue weighted by atomic mass is 10.2. The van der Waals surface area contributed by atoms with Crippen molar-refractivity contribution >= 4 is 37.8 Å². The summed E-state index contributed by atoms with van der Waals surface area (Å²) in [6.07, 6.45) is 0.996. The Morgan fingerprint density at radius 1 is 1.44 bits per heavy atom. The van der Waals surface area contributed by atoms with Crippen LogP contribution in [0.4, 0.5) is 0 Å². The highest BCUT2D eigenvalue weighted by molar-refractivity contribution is 9.11. The molecule has 0 aromatic heterocycles. The molecule has 1 fully saturated rings. The minimum atomic E-state index is 0.0618. The van der Waals surface area contributed by atoms with E-state index in [1.807, 2.05) is 30.0 Å². The lowest BCUT2D eigenvalue weighted by Crippen LogP contribution is -2.36. The van der Waals surface area contributed by atoms with Crippen LogP contribution >= 0.6 is 31.9 Å². The molecule has 1 amide bonds. The molecule has 0 N–H and O–H groups in total.